The molecule has 1 N–H and O–H groups in total. The molecule has 3 nitrogen and oxygen atoms in total. The van der Waals surface area contributed by atoms with Crippen LogP contribution in [0.4, 0.5) is 4.39 Å². The molecule has 1 unspecified atom stereocenters. The molecule has 0 amide bonds. The number of rotatable bonds is 0. The number of likely N-dealkylation sites (N-methyl/N-ethyl adjacent to an activating group) is 1. The van der Waals surface area contributed by atoms with Gasteiger partial charge in [0, 0.05) is 18.5 Å². The van der Waals surface area contributed by atoms with E-state index < -0.39 is 6.10 Å². The first-order chi connectivity index (χ1) is 8.58. The summed E-state index contributed by atoms with van der Waals surface area (Å²) in [5, 5.41) is 10.2. The van der Waals surface area contributed by atoms with E-state index in [0.29, 0.717) is 17.7 Å². The minimum absolute atomic E-state index is 0.308. The maximum Gasteiger partial charge on any atom is 0.126 e. The van der Waals surface area contributed by atoms with Gasteiger partial charge in [-0.2, -0.15) is 0 Å². The van der Waals surface area contributed by atoms with Gasteiger partial charge in [-0.1, -0.05) is 0 Å². The molecule has 0 aliphatic carbocycles. The van der Waals surface area contributed by atoms with Crippen LogP contribution in [-0.4, -0.2) is 35.7 Å². The molecular weight excluding hydrogens is 233 g/mol. The average Bonchev–Trinajstić information content (AvgIpc) is 2.30. The first-order valence-electron chi connectivity index (χ1n) is 6.43. The second-order valence-electron chi connectivity index (χ2n) is 5.53. The van der Waals surface area contributed by atoms with Crippen LogP contribution in [0.1, 0.15) is 30.9 Å². The predicted octanol–water partition coefficient (Wildman–Crippen LogP) is 2.11. The molecule has 4 heteroatoms. The zero-order valence-electron chi connectivity index (χ0n) is 10.5. The summed E-state index contributed by atoms with van der Waals surface area (Å²) in [5.74, 6) is 0.304. The molecule has 0 aromatic heterocycles. The normalized spacial score (nSPS) is 32.1. The third-order valence-electron chi connectivity index (χ3n) is 3.95. The standard InChI is InChI=1S/C14H18FNO2/c1-16-6-2-5-14(9-16)8-12(17)11-7-10(15)3-4-13(11)18-14/h3-4,7,12,17H,2,5-6,8-9H2,1H3/t12-,14?/m0/s1. The predicted molar refractivity (Wildman–Crippen MR) is 66.1 cm³/mol. The third kappa shape index (κ3) is 1.99. The highest BCUT2D eigenvalue weighted by molar-refractivity contribution is 5.38. The highest BCUT2D eigenvalue weighted by Crippen LogP contribution is 2.43. The van der Waals surface area contributed by atoms with Gasteiger partial charge in [-0.25, -0.2) is 4.39 Å². The van der Waals surface area contributed by atoms with Crippen molar-refractivity contribution < 1.29 is 14.2 Å². The van der Waals surface area contributed by atoms with Gasteiger partial charge in [0.25, 0.3) is 0 Å². The van der Waals surface area contributed by atoms with Crippen molar-refractivity contribution in [2.45, 2.75) is 31.0 Å². The molecular formula is C14H18FNO2. The van der Waals surface area contributed by atoms with Crippen LogP contribution in [0.2, 0.25) is 0 Å². The van der Waals surface area contributed by atoms with E-state index in [4.69, 9.17) is 4.74 Å². The first-order valence-corrected chi connectivity index (χ1v) is 6.43. The van der Waals surface area contributed by atoms with E-state index in [1.165, 1.54) is 12.1 Å². The van der Waals surface area contributed by atoms with Crippen molar-refractivity contribution in [1.29, 1.82) is 0 Å². The number of aliphatic hydroxyl groups is 1. The van der Waals surface area contributed by atoms with Gasteiger partial charge in [-0.15, -0.1) is 0 Å². The summed E-state index contributed by atoms with van der Waals surface area (Å²) in [7, 11) is 2.07. The van der Waals surface area contributed by atoms with E-state index in [2.05, 4.69) is 11.9 Å². The minimum atomic E-state index is -0.629. The second-order valence-corrected chi connectivity index (χ2v) is 5.53. The highest BCUT2D eigenvalue weighted by Gasteiger charge is 2.42. The number of hydrogen-bond donors (Lipinski definition) is 1. The van der Waals surface area contributed by atoms with Gasteiger partial charge < -0.3 is 14.7 Å². The lowest BCUT2D eigenvalue weighted by Crippen LogP contribution is -2.53. The summed E-state index contributed by atoms with van der Waals surface area (Å²) >= 11 is 0. The first kappa shape index (κ1) is 11.9. The summed E-state index contributed by atoms with van der Waals surface area (Å²) in [6.07, 6.45) is 1.94. The second kappa shape index (κ2) is 4.21. The number of nitrogens with zero attached hydrogens (tertiary/aromatic N) is 1. The summed E-state index contributed by atoms with van der Waals surface area (Å²) in [6.45, 7) is 1.89. The van der Waals surface area contributed by atoms with E-state index in [-0.39, 0.29) is 11.4 Å². The van der Waals surface area contributed by atoms with Crippen molar-refractivity contribution >= 4 is 0 Å². The lowest BCUT2D eigenvalue weighted by Gasteiger charge is -2.45. The maximum absolute atomic E-state index is 13.2. The molecule has 0 saturated carbocycles. The van der Waals surface area contributed by atoms with Gasteiger partial charge >= 0.3 is 0 Å². The Balaban J connectivity index is 1.93. The monoisotopic (exact) mass is 251 g/mol. The molecule has 1 saturated heterocycles. The number of aliphatic hydroxyl groups excluding tert-OH is 1. The van der Waals surface area contributed by atoms with Crippen LogP contribution in [0, 0.1) is 5.82 Å². The fourth-order valence-corrected chi connectivity index (χ4v) is 3.18. The van der Waals surface area contributed by atoms with E-state index >= 15 is 0 Å². The van der Waals surface area contributed by atoms with E-state index in [1.807, 2.05) is 0 Å². The number of hydrogen-bond acceptors (Lipinski definition) is 3. The van der Waals surface area contributed by atoms with Crippen LogP contribution in [0.5, 0.6) is 5.75 Å². The summed E-state index contributed by atoms with van der Waals surface area (Å²) in [6, 6.07) is 4.39. The molecule has 1 spiro atoms. The fraction of sp³-hybridized carbons (Fsp3) is 0.571. The molecule has 0 bridgehead atoms. The Labute approximate surface area is 106 Å². The molecule has 1 aromatic carbocycles. The zero-order chi connectivity index (χ0) is 12.8. The Morgan fingerprint density at radius 1 is 1.50 bits per heavy atom. The van der Waals surface area contributed by atoms with Crippen LogP contribution >= 0.6 is 0 Å². The van der Waals surface area contributed by atoms with Crippen molar-refractivity contribution in [2.24, 2.45) is 0 Å². The molecule has 18 heavy (non-hydrogen) atoms. The molecule has 2 atom stereocenters. The lowest BCUT2D eigenvalue weighted by molar-refractivity contribution is -0.0556. The smallest absolute Gasteiger partial charge is 0.126 e. The molecule has 2 heterocycles. The molecule has 2 aliphatic heterocycles. The van der Waals surface area contributed by atoms with Gasteiger partial charge in [-0.3, -0.25) is 0 Å². The number of fused-ring (bicyclic) bond motifs is 1. The molecule has 0 radical (unpaired) electrons. The van der Waals surface area contributed by atoms with Gasteiger partial charge in [-0.05, 0) is 44.6 Å². The highest BCUT2D eigenvalue weighted by atomic mass is 19.1. The summed E-state index contributed by atoms with van der Waals surface area (Å²) in [5.41, 5.74) is 0.269. The topological polar surface area (TPSA) is 32.7 Å². The van der Waals surface area contributed by atoms with Gasteiger partial charge in [0.2, 0.25) is 0 Å². The number of benzene rings is 1. The SMILES string of the molecule is CN1CCCC2(C[C@H](O)c3cc(F)ccc3O2)C1. The van der Waals surface area contributed by atoms with Crippen LogP contribution in [0.3, 0.4) is 0 Å². The van der Waals surface area contributed by atoms with Crippen LogP contribution < -0.4 is 4.74 Å². The number of piperidine rings is 1. The summed E-state index contributed by atoms with van der Waals surface area (Å²) < 4.78 is 19.3. The Morgan fingerprint density at radius 3 is 3.11 bits per heavy atom. The van der Waals surface area contributed by atoms with Crippen LogP contribution in [0.15, 0.2) is 18.2 Å². The van der Waals surface area contributed by atoms with Crippen LogP contribution in [0.25, 0.3) is 0 Å². The summed E-state index contributed by atoms with van der Waals surface area (Å²) in [4.78, 5) is 2.23. The quantitative estimate of drug-likeness (QED) is 0.766. The average molecular weight is 251 g/mol. The van der Waals surface area contributed by atoms with Crippen LogP contribution in [-0.2, 0) is 0 Å². The molecule has 2 aliphatic rings. The van der Waals surface area contributed by atoms with Crippen molar-refractivity contribution in [3.05, 3.63) is 29.6 Å². The van der Waals surface area contributed by atoms with Crippen molar-refractivity contribution in [1.82, 2.24) is 4.90 Å². The van der Waals surface area contributed by atoms with E-state index in [0.717, 1.165) is 25.9 Å². The van der Waals surface area contributed by atoms with Gasteiger partial charge in [0.1, 0.15) is 17.2 Å². The van der Waals surface area contributed by atoms with Crippen molar-refractivity contribution in [2.75, 3.05) is 20.1 Å². The van der Waals surface area contributed by atoms with Gasteiger partial charge in [0.05, 0.1) is 6.10 Å². The maximum atomic E-state index is 13.2. The molecule has 1 fully saturated rings. The van der Waals surface area contributed by atoms with E-state index in [9.17, 15) is 9.50 Å². The van der Waals surface area contributed by atoms with Crippen molar-refractivity contribution in [3.63, 3.8) is 0 Å². The molecule has 98 valence electrons. The minimum Gasteiger partial charge on any atom is -0.485 e. The zero-order valence-corrected chi connectivity index (χ0v) is 10.5. The Bertz CT molecular complexity index is 465. The number of likely N-dealkylation sites (tertiary alicyclic amines) is 1. The molecule has 1 aromatic rings. The number of ether oxygens (including phenoxy) is 1. The van der Waals surface area contributed by atoms with E-state index in [1.54, 1.807) is 6.07 Å². The Hall–Kier alpha value is -1.13. The third-order valence-corrected chi connectivity index (χ3v) is 3.95. The Kier molecular flexibility index (Phi) is 2.79. The lowest BCUT2D eigenvalue weighted by atomic mass is 9.83. The van der Waals surface area contributed by atoms with Gasteiger partial charge in [0.15, 0.2) is 0 Å². The fourth-order valence-electron chi connectivity index (χ4n) is 3.18. The van der Waals surface area contributed by atoms with Crippen molar-refractivity contribution in [3.8, 4) is 5.75 Å². The number of halogens is 1. The largest absolute Gasteiger partial charge is 0.485 e. The molecule has 3 rings (SSSR count). The Morgan fingerprint density at radius 2 is 2.33 bits per heavy atom.